The summed E-state index contributed by atoms with van der Waals surface area (Å²) < 4.78 is 6.47. The molecule has 18 heavy (non-hydrogen) atoms. The van der Waals surface area contributed by atoms with Gasteiger partial charge < -0.3 is 9.64 Å². The van der Waals surface area contributed by atoms with Crippen molar-refractivity contribution < 1.29 is 9.53 Å². The maximum absolute atomic E-state index is 12.4. The van der Waals surface area contributed by atoms with Crippen LogP contribution >= 0.6 is 27.5 Å². The van der Waals surface area contributed by atoms with Gasteiger partial charge in [0.05, 0.1) is 22.8 Å². The second-order valence-electron chi connectivity index (χ2n) is 4.59. The zero-order valence-electron chi connectivity index (χ0n) is 10.3. The zero-order valence-corrected chi connectivity index (χ0v) is 12.7. The van der Waals surface area contributed by atoms with E-state index in [-0.39, 0.29) is 18.1 Å². The highest BCUT2D eigenvalue weighted by molar-refractivity contribution is 9.10. The Bertz CT molecular complexity index is 456. The Morgan fingerprint density at radius 3 is 2.61 bits per heavy atom. The van der Waals surface area contributed by atoms with Crippen LogP contribution in [0.2, 0.25) is 5.02 Å². The second kappa shape index (κ2) is 5.59. The summed E-state index contributed by atoms with van der Waals surface area (Å²) in [7, 11) is 0. The van der Waals surface area contributed by atoms with Crippen molar-refractivity contribution in [3.63, 3.8) is 0 Å². The normalized spacial score (nSPS) is 24.1. The van der Waals surface area contributed by atoms with E-state index in [4.69, 9.17) is 16.3 Å². The lowest BCUT2D eigenvalue weighted by atomic mass is 10.1. The monoisotopic (exact) mass is 331 g/mol. The highest BCUT2D eigenvalue weighted by Gasteiger charge is 2.27. The van der Waals surface area contributed by atoms with Gasteiger partial charge in [-0.3, -0.25) is 4.79 Å². The number of ether oxygens (including phenoxy) is 1. The molecule has 0 aliphatic carbocycles. The summed E-state index contributed by atoms with van der Waals surface area (Å²) in [6.45, 7) is 5.15. The van der Waals surface area contributed by atoms with Crippen LogP contribution in [0, 0.1) is 0 Å². The van der Waals surface area contributed by atoms with E-state index in [1.54, 1.807) is 17.0 Å². The number of hydrogen-bond acceptors (Lipinski definition) is 2. The quantitative estimate of drug-likeness (QED) is 0.789. The van der Waals surface area contributed by atoms with Gasteiger partial charge in [0, 0.05) is 17.6 Å². The van der Waals surface area contributed by atoms with Gasteiger partial charge in [-0.05, 0) is 32.0 Å². The predicted octanol–water partition coefficient (Wildman–Crippen LogP) is 3.35. The van der Waals surface area contributed by atoms with E-state index >= 15 is 0 Å². The number of amides is 1. The van der Waals surface area contributed by atoms with Gasteiger partial charge in [0.1, 0.15) is 0 Å². The molecule has 0 radical (unpaired) electrons. The average molecular weight is 333 g/mol. The SMILES string of the molecule is C[C@@H]1CN(C(=O)c2cc(Br)ccc2Cl)C[C@H](C)O1. The second-order valence-corrected chi connectivity index (χ2v) is 5.91. The number of carbonyl (C=O) groups excluding carboxylic acids is 1. The van der Waals surface area contributed by atoms with Gasteiger partial charge in [0.25, 0.3) is 5.91 Å². The molecule has 1 saturated heterocycles. The molecule has 0 unspecified atom stereocenters. The molecule has 1 aliphatic heterocycles. The first-order valence-electron chi connectivity index (χ1n) is 5.87. The summed E-state index contributed by atoms with van der Waals surface area (Å²) in [5.41, 5.74) is 0.535. The van der Waals surface area contributed by atoms with Crippen molar-refractivity contribution in [3.8, 4) is 0 Å². The van der Waals surface area contributed by atoms with Gasteiger partial charge in [-0.25, -0.2) is 0 Å². The van der Waals surface area contributed by atoms with Crippen LogP contribution < -0.4 is 0 Å². The summed E-state index contributed by atoms with van der Waals surface area (Å²) >= 11 is 9.44. The number of carbonyl (C=O) groups is 1. The first kappa shape index (κ1) is 13.8. The summed E-state index contributed by atoms with van der Waals surface area (Å²) in [5.74, 6) is -0.0386. The molecule has 2 atom stereocenters. The van der Waals surface area contributed by atoms with E-state index < -0.39 is 0 Å². The van der Waals surface area contributed by atoms with E-state index in [0.29, 0.717) is 23.7 Å². The number of hydrogen-bond donors (Lipinski definition) is 0. The molecule has 5 heteroatoms. The van der Waals surface area contributed by atoms with Crippen LogP contribution in [0.3, 0.4) is 0 Å². The van der Waals surface area contributed by atoms with Crippen LogP contribution in [-0.2, 0) is 4.74 Å². The van der Waals surface area contributed by atoms with Crippen molar-refractivity contribution >= 4 is 33.4 Å². The molecule has 1 aromatic rings. The van der Waals surface area contributed by atoms with Gasteiger partial charge in [-0.2, -0.15) is 0 Å². The van der Waals surface area contributed by atoms with Crippen molar-refractivity contribution in [2.45, 2.75) is 26.1 Å². The van der Waals surface area contributed by atoms with Crippen molar-refractivity contribution in [3.05, 3.63) is 33.3 Å². The summed E-state index contributed by atoms with van der Waals surface area (Å²) in [6.07, 6.45) is 0.118. The molecule has 0 saturated carbocycles. The topological polar surface area (TPSA) is 29.5 Å². The minimum absolute atomic E-state index is 0.0386. The molecule has 3 nitrogen and oxygen atoms in total. The molecule has 0 spiro atoms. The average Bonchev–Trinajstić information content (AvgIpc) is 2.30. The Kier molecular flexibility index (Phi) is 4.30. The molecule has 1 heterocycles. The molecule has 1 fully saturated rings. The maximum Gasteiger partial charge on any atom is 0.255 e. The summed E-state index contributed by atoms with van der Waals surface area (Å²) in [4.78, 5) is 14.2. The standard InChI is InChI=1S/C13H15BrClNO2/c1-8-6-16(7-9(2)18-8)13(17)11-5-10(14)3-4-12(11)15/h3-5,8-9H,6-7H2,1-2H3/t8-,9+. The number of nitrogens with zero attached hydrogens (tertiary/aromatic N) is 1. The molecule has 1 amide bonds. The fourth-order valence-corrected chi connectivity index (χ4v) is 2.73. The Morgan fingerprint density at radius 1 is 1.39 bits per heavy atom. The maximum atomic E-state index is 12.4. The highest BCUT2D eigenvalue weighted by atomic mass is 79.9. The number of benzene rings is 1. The van der Waals surface area contributed by atoms with E-state index in [1.165, 1.54) is 0 Å². The zero-order chi connectivity index (χ0) is 13.3. The van der Waals surface area contributed by atoms with E-state index in [9.17, 15) is 4.79 Å². The van der Waals surface area contributed by atoms with Gasteiger partial charge in [-0.1, -0.05) is 27.5 Å². The fraction of sp³-hybridized carbons (Fsp3) is 0.462. The number of morpholine rings is 1. The molecule has 0 N–H and O–H groups in total. The molecule has 0 bridgehead atoms. The van der Waals surface area contributed by atoms with Crippen LogP contribution in [0.5, 0.6) is 0 Å². The lowest BCUT2D eigenvalue weighted by Gasteiger charge is -2.35. The number of halogens is 2. The molecule has 2 rings (SSSR count). The first-order valence-corrected chi connectivity index (χ1v) is 7.04. The van der Waals surface area contributed by atoms with Crippen molar-refractivity contribution in [2.24, 2.45) is 0 Å². The minimum atomic E-state index is -0.0386. The molecule has 1 aromatic carbocycles. The largest absolute Gasteiger partial charge is 0.372 e. The van der Waals surface area contributed by atoms with Crippen LogP contribution in [-0.4, -0.2) is 36.1 Å². The molecular weight excluding hydrogens is 318 g/mol. The van der Waals surface area contributed by atoms with E-state index in [1.807, 2.05) is 19.9 Å². The Balaban J connectivity index is 2.22. The molecule has 98 valence electrons. The van der Waals surface area contributed by atoms with Gasteiger partial charge in [0.2, 0.25) is 0 Å². The van der Waals surface area contributed by atoms with Gasteiger partial charge in [-0.15, -0.1) is 0 Å². The fourth-order valence-electron chi connectivity index (χ4n) is 2.18. The summed E-state index contributed by atoms with van der Waals surface area (Å²) in [6, 6.07) is 5.31. The van der Waals surface area contributed by atoms with Crippen molar-refractivity contribution in [1.29, 1.82) is 0 Å². The third kappa shape index (κ3) is 3.05. The van der Waals surface area contributed by atoms with E-state index in [0.717, 1.165) is 4.47 Å². The van der Waals surface area contributed by atoms with Crippen LogP contribution in [0.1, 0.15) is 24.2 Å². The highest BCUT2D eigenvalue weighted by Crippen LogP contribution is 2.23. The van der Waals surface area contributed by atoms with Crippen molar-refractivity contribution in [2.75, 3.05) is 13.1 Å². The Morgan fingerprint density at radius 2 is 2.00 bits per heavy atom. The van der Waals surface area contributed by atoms with Gasteiger partial charge in [0.15, 0.2) is 0 Å². The number of rotatable bonds is 1. The predicted molar refractivity (Wildman–Crippen MR) is 75.1 cm³/mol. The Labute approximate surface area is 120 Å². The Hall–Kier alpha value is -0.580. The lowest BCUT2D eigenvalue weighted by Crippen LogP contribution is -2.48. The van der Waals surface area contributed by atoms with E-state index in [2.05, 4.69) is 15.9 Å². The third-order valence-corrected chi connectivity index (χ3v) is 3.69. The van der Waals surface area contributed by atoms with Gasteiger partial charge >= 0.3 is 0 Å². The summed E-state index contributed by atoms with van der Waals surface area (Å²) in [5, 5.41) is 0.481. The molecular formula is C13H15BrClNO2. The van der Waals surface area contributed by atoms with Crippen LogP contribution in [0.15, 0.2) is 22.7 Å². The third-order valence-electron chi connectivity index (χ3n) is 2.87. The molecule has 0 aromatic heterocycles. The first-order chi connectivity index (χ1) is 8.47. The lowest BCUT2D eigenvalue weighted by molar-refractivity contribution is -0.0586. The van der Waals surface area contributed by atoms with Crippen molar-refractivity contribution in [1.82, 2.24) is 4.90 Å². The van der Waals surface area contributed by atoms with Crippen LogP contribution in [0.25, 0.3) is 0 Å². The smallest absolute Gasteiger partial charge is 0.255 e. The molecule has 1 aliphatic rings. The minimum Gasteiger partial charge on any atom is -0.372 e. The van der Waals surface area contributed by atoms with Crippen LogP contribution in [0.4, 0.5) is 0 Å².